The number of carbonyl (C=O) groups is 1. The average Bonchev–Trinajstić information content (AvgIpc) is 2.71. The number of para-hydroxylation sites is 1. The summed E-state index contributed by atoms with van der Waals surface area (Å²) in [4.78, 5) is 11.3. The fourth-order valence-corrected chi connectivity index (χ4v) is 2.33. The van der Waals surface area contributed by atoms with E-state index in [9.17, 15) is 4.79 Å². The minimum Gasteiger partial charge on any atom is -0.461 e. The Balaban J connectivity index is 0.000000347. The molecule has 0 aliphatic heterocycles. The fraction of sp³-hybridized carbons (Fsp3) is 0.273. The number of halogens is 1. The van der Waals surface area contributed by atoms with Crippen LogP contribution in [0.15, 0.2) is 29.8 Å². The van der Waals surface area contributed by atoms with Crippen molar-refractivity contribution in [1.82, 2.24) is 0 Å². The van der Waals surface area contributed by atoms with Crippen LogP contribution >= 0.6 is 11.3 Å². The van der Waals surface area contributed by atoms with Crippen LogP contribution in [-0.2, 0) is 16.1 Å². The van der Waals surface area contributed by atoms with Gasteiger partial charge in [0.25, 0.3) is 0 Å². The SMILES string of the molecule is CCOC(=O)C[n+]1csc2ccccc21.[O-][Cl+3]([O-])([O-])O. The maximum atomic E-state index is 11.3. The predicted octanol–water partition coefficient (Wildman–Crippen LogP) is -2.37. The van der Waals surface area contributed by atoms with E-state index in [2.05, 4.69) is 0 Å². The fourth-order valence-electron chi connectivity index (χ4n) is 1.44. The number of benzene rings is 1. The largest absolute Gasteiger partial charge is 0.461 e. The van der Waals surface area contributed by atoms with E-state index in [1.807, 2.05) is 41.3 Å². The van der Waals surface area contributed by atoms with Gasteiger partial charge in [-0.15, -0.1) is 0 Å². The van der Waals surface area contributed by atoms with Crippen molar-refractivity contribution < 1.29 is 43.0 Å². The summed E-state index contributed by atoms with van der Waals surface area (Å²) < 4.78 is 40.7. The minimum atomic E-state index is -4.69. The summed E-state index contributed by atoms with van der Waals surface area (Å²) in [6.07, 6.45) is 0. The van der Waals surface area contributed by atoms with Gasteiger partial charge in [-0.3, -0.25) is 0 Å². The van der Waals surface area contributed by atoms with E-state index in [0.29, 0.717) is 6.61 Å². The van der Waals surface area contributed by atoms with Crippen molar-refractivity contribution >= 4 is 27.5 Å². The summed E-state index contributed by atoms with van der Waals surface area (Å²) in [5.41, 5.74) is 3.03. The number of esters is 1. The van der Waals surface area contributed by atoms with Crippen LogP contribution in [0.5, 0.6) is 0 Å². The zero-order valence-corrected chi connectivity index (χ0v) is 12.1. The van der Waals surface area contributed by atoms with Crippen molar-refractivity contribution in [2.75, 3.05) is 6.61 Å². The first-order chi connectivity index (χ1) is 9.31. The molecule has 0 saturated carbocycles. The number of rotatable bonds is 3. The molecule has 0 fully saturated rings. The number of nitrogens with zero attached hydrogens (tertiary/aromatic N) is 1. The molecule has 1 heterocycles. The Morgan fingerprint density at radius 1 is 1.40 bits per heavy atom. The summed E-state index contributed by atoms with van der Waals surface area (Å²) in [7, 11) is -4.69. The molecule has 9 heteroatoms. The Kier molecular flexibility index (Phi) is 6.27. The van der Waals surface area contributed by atoms with Crippen LogP contribution in [0.1, 0.15) is 6.92 Å². The Hall–Kier alpha value is -1.29. The smallest absolute Gasteiger partial charge is 0.372 e. The van der Waals surface area contributed by atoms with Gasteiger partial charge in [0.05, 0.1) is 21.5 Å². The van der Waals surface area contributed by atoms with Gasteiger partial charge in [-0.25, -0.2) is 4.79 Å². The van der Waals surface area contributed by atoms with Gasteiger partial charge in [-0.05, 0) is 13.0 Å². The normalized spacial score (nSPS) is 10.8. The highest BCUT2D eigenvalue weighted by molar-refractivity contribution is 7.16. The van der Waals surface area contributed by atoms with E-state index >= 15 is 0 Å². The lowest BCUT2D eigenvalue weighted by Crippen LogP contribution is -2.58. The first-order valence-corrected chi connectivity index (χ1v) is 7.60. The predicted molar refractivity (Wildman–Crippen MR) is 60.9 cm³/mol. The maximum Gasteiger partial charge on any atom is 0.372 e. The Bertz CT molecular complexity index is 561. The Morgan fingerprint density at radius 3 is 2.60 bits per heavy atom. The van der Waals surface area contributed by atoms with Crippen molar-refractivity contribution in [3.63, 3.8) is 0 Å². The summed E-state index contributed by atoms with van der Waals surface area (Å²) in [5, 5.41) is 0. The van der Waals surface area contributed by atoms with Gasteiger partial charge in [-0.2, -0.15) is 18.5 Å². The lowest BCUT2D eigenvalue weighted by atomic mass is 10.3. The van der Waals surface area contributed by atoms with Crippen LogP contribution in [0.4, 0.5) is 0 Å². The van der Waals surface area contributed by atoms with Crippen LogP contribution < -0.4 is 18.5 Å². The third-order valence-corrected chi connectivity index (χ3v) is 3.05. The second-order valence-corrected chi connectivity index (χ2v) is 5.20. The van der Waals surface area contributed by atoms with Crippen molar-refractivity contribution in [3.05, 3.63) is 29.8 Å². The third kappa shape index (κ3) is 6.24. The summed E-state index contributed by atoms with van der Waals surface area (Å²) in [6, 6.07) is 8.01. The molecule has 0 aliphatic carbocycles. The molecule has 0 bridgehead atoms. The second kappa shape index (κ2) is 7.48. The average molecular weight is 323 g/mol. The topological polar surface area (TPSA) is 120 Å². The van der Waals surface area contributed by atoms with Crippen LogP contribution in [-0.4, -0.2) is 17.2 Å². The minimum absolute atomic E-state index is 0.189. The molecule has 1 aromatic carbocycles. The molecule has 0 spiro atoms. The summed E-state index contributed by atoms with van der Waals surface area (Å²) >= 11 is 1.63. The molecule has 0 atom stereocenters. The van der Waals surface area contributed by atoms with Crippen LogP contribution in [0.25, 0.3) is 10.2 Å². The van der Waals surface area contributed by atoms with E-state index in [4.69, 9.17) is 23.4 Å². The molecule has 2 aromatic rings. The number of aromatic nitrogens is 1. The highest BCUT2D eigenvalue weighted by Crippen LogP contribution is 2.14. The molecule has 0 saturated heterocycles. The molecule has 20 heavy (non-hydrogen) atoms. The lowest BCUT2D eigenvalue weighted by molar-refractivity contribution is -1.92. The quantitative estimate of drug-likeness (QED) is 0.498. The van der Waals surface area contributed by atoms with Gasteiger partial charge in [-0.1, -0.05) is 23.5 Å². The highest BCUT2D eigenvalue weighted by atomic mass is 35.7. The molecule has 2 rings (SSSR count). The van der Waals surface area contributed by atoms with E-state index in [1.165, 1.54) is 4.70 Å². The van der Waals surface area contributed by atoms with Gasteiger partial charge in [0.1, 0.15) is 4.70 Å². The standard InChI is InChI=1S/C11H12NO2S.ClHO4/c1-2-14-11(13)7-12-8-15-10-6-4-3-5-9(10)12;2-1(3,4)5/h3-6,8H,2,7H2,1H3;(H,2,3,4,5)/q+1;. The molecule has 7 nitrogen and oxygen atoms in total. The molecule has 1 N–H and O–H groups in total. The van der Waals surface area contributed by atoms with Crippen molar-refractivity contribution in [2.45, 2.75) is 13.5 Å². The molecule has 0 unspecified atom stereocenters. The third-order valence-electron chi connectivity index (χ3n) is 2.09. The van der Waals surface area contributed by atoms with Gasteiger partial charge in [0.15, 0.2) is 0 Å². The van der Waals surface area contributed by atoms with Gasteiger partial charge >= 0.3 is 5.97 Å². The number of hydrogen-bond donors (Lipinski definition) is 1. The lowest BCUT2D eigenvalue weighted by Gasteiger charge is -2.03. The van der Waals surface area contributed by atoms with E-state index in [-0.39, 0.29) is 12.5 Å². The molecule has 1 aromatic heterocycles. The van der Waals surface area contributed by atoms with E-state index in [0.717, 1.165) is 5.52 Å². The number of thiazole rings is 1. The second-order valence-electron chi connectivity index (χ2n) is 3.52. The molecular formula is C11H13ClNO6S+. The van der Waals surface area contributed by atoms with E-state index < -0.39 is 10.2 Å². The summed E-state index contributed by atoms with van der Waals surface area (Å²) in [5.74, 6) is -0.189. The van der Waals surface area contributed by atoms with Crippen molar-refractivity contribution in [1.29, 1.82) is 0 Å². The number of fused-ring (bicyclic) bond motifs is 1. The number of ether oxygens (including phenoxy) is 1. The van der Waals surface area contributed by atoms with Crippen LogP contribution in [0.2, 0.25) is 0 Å². The van der Waals surface area contributed by atoms with Crippen LogP contribution in [0.3, 0.4) is 0 Å². The Morgan fingerprint density at radius 2 is 2.00 bits per heavy atom. The Labute approximate surface area is 121 Å². The molecule has 0 amide bonds. The van der Waals surface area contributed by atoms with Crippen molar-refractivity contribution in [3.8, 4) is 0 Å². The molecular weight excluding hydrogens is 310 g/mol. The first-order valence-electron chi connectivity index (χ1n) is 5.45. The van der Waals surface area contributed by atoms with Gasteiger partial charge in [0, 0.05) is 6.07 Å². The number of hydrogen-bond acceptors (Lipinski definition) is 7. The summed E-state index contributed by atoms with van der Waals surface area (Å²) in [6.45, 7) is 2.54. The zero-order valence-electron chi connectivity index (χ0n) is 10.5. The maximum absolute atomic E-state index is 11.3. The van der Waals surface area contributed by atoms with Crippen LogP contribution in [0, 0.1) is 10.2 Å². The monoisotopic (exact) mass is 322 g/mol. The highest BCUT2D eigenvalue weighted by Gasteiger charge is 2.15. The molecule has 0 radical (unpaired) electrons. The van der Waals surface area contributed by atoms with E-state index in [1.54, 1.807) is 11.3 Å². The van der Waals surface area contributed by atoms with Gasteiger partial charge in [0.2, 0.25) is 17.6 Å². The molecule has 0 aliphatic rings. The first kappa shape index (κ1) is 16.8. The van der Waals surface area contributed by atoms with Gasteiger partial charge < -0.3 is 4.74 Å². The molecule has 110 valence electrons. The van der Waals surface area contributed by atoms with Crippen molar-refractivity contribution in [2.24, 2.45) is 0 Å². The zero-order chi connectivity index (χ0) is 15.2. The number of carbonyl (C=O) groups excluding carboxylic acids is 1.